The van der Waals surface area contributed by atoms with Gasteiger partial charge in [-0.3, -0.25) is 9.45 Å². The number of fused-ring (bicyclic) bond motifs is 2. The van der Waals surface area contributed by atoms with E-state index in [4.69, 9.17) is 23.2 Å². The van der Waals surface area contributed by atoms with Crippen LogP contribution in [0.5, 0.6) is 0 Å². The first-order valence-electron chi connectivity index (χ1n) is 10.2. The molecule has 2 unspecified atom stereocenters. The van der Waals surface area contributed by atoms with E-state index in [-0.39, 0.29) is 5.92 Å². The predicted octanol–water partition coefficient (Wildman–Crippen LogP) is 4.28. The molecule has 0 spiro atoms. The van der Waals surface area contributed by atoms with Crippen LogP contribution in [0, 0.1) is 5.92 Å². The molecule has 0 aliphatic carbocycles. The highest BCUT2D eigenvalue weighted by molar-refractivity contribution is 8.04. The third kappa shape index (κ3) is 6.56. The van der Waals surface area contributed by atoms with Crippen LogP contribution in [0.1, 0.15) is 13.3 Å². The van der Waals surface area contributed by atoms with E-state index < -0.39 is 32.0 Å². The zero-order chi connectivity index (χ0) is 25.5. The molecule has 2 aliphatic heterocycles. The lowest BCUT2D eigenvalue weighted by Crippen LogP contribution is -3.04. The molecule has 14 heteroatoms. The fourth-order valence-electron chi connectivity index (χ4n) is 3.76. The summed E-state index contributed by atoms with van der Waals surface area (Å²) in [5, 5.41) is 2.08. The summed E-state index contributed by atoms with van der Waals surface area (Å²) in [5.74, 6) is -1.54. The first-order valence-corrected chi connectivity index (χ1v) is 15.8. The minimum Gasteiger partial charge on any atom is -0.744 e. The van der Waals surface area contributed by atoms with Crippen LogP contribution in [0.2, 0.25) is 10.0 Å². The van der Waals surface area contributed by atoms with Gasteiger partial charge in [0.1, 0.15) is 10.1 Å². The standard InChI is InChI=1S/C21H20Cl2N2O6S4/c1-2-13(7-20-24(11-34(26,27)28)16-9-14(22)3-5-18(16)32-20)8-21-25(12-35(29,30)31)17-10-15(23)4-6-19(17)33-21/h3-10,13H,2,11-12H2,1H3,(H,26,27,28)(H,29,30,31)/b20-7-,21-8+. The van der Waals surface area contributed by atoms with Gasteiger partial charge in [0.15, 0.2) is 22.5 Å². The maximum Gasteiger partial charge on any atom is 0.283 e. The molecule has 2 aliphatic rings. The first kappa shape index (κ1) is 26.8. The summed E-state index contributed by atoms with van der Waals surface area (Å²) in [4.78, 5) is 3.45. The van der Waals surface area contributed by atoms with Crippen LogP contribution in [0.25, 0.3) is 0 Å². The van der Waals surface area contributed by atoms with Crippen molar-refractivity contribution < 1.29 is 30.8 Å². The van der Waals surface area contributed by atoms with Gasteiger partial charge in [-0.1, -0.05) is 41.9 Å². The summed E-state index contributed by atoms with van der Waals surface area (Å²) in [6.45, 7) is 1.93. The largest absolute Gasteiger partial charge is 0.744 e. The fraction of sp³-hybridized carbons (Fsp3) is 0.238. The van der Waals surface area contributed by atoms with Crippen LogP contribution in [0.4, 0.5) is 11.4 Å². The number of allylic oxidation sites excluding steroid dienone is 2. The molecule has 4 rings (SSSR count). The Bertz CT molecular complexity index is 1340. The van der Waals surface area contributed by atoms with Crippen LogP contribution in [-0.4, -0.2) is 37.7 Å². The highest BCUT2D eigenvalue weighted by Crippen LogP contribution is 2.48. The lowest BCUT2D eigenvalue weighted by molar-refractivity contribution is -0.766. The average Bonchev–Trinajstić information content (AvgIpc) is 3.23. The highest BCUT2D eigenvalue weighted by Gasteiger charge is 2.34. The molecule has 0 saturated heterocycles. The summed E-state index contributed by atoms with van der Waals surface area (Å²) in [5.41, 5.74) is 1.18. The van der Waals surface area contributed by atoms with Gasteiger partial charge in [0, 0.05) is 26.9 Å². The molecular formula is C21H20Cl2N2O6S4. The average molecular weight is 596 g/mol. The van der Waals surface area contributed by atoms with Crippen LogP contribution < -0.4 is 9.80 Å². The molecule has 0 bridgehead atoms. The topological polar surface area (TPSA) is 119 Å². The van der Waals surface area contributed by atoms with E-state index in [0.29, 0.717) is 42.8 Å². The Kier molecular flexibility index (Phi) is 7.87. The maximum absolute atomic E-state index is 11.7. The maximum atomic E-state index is 11.7. The molecule has 35 heavy (non-hydrogen) atoms. The Morgan fingerprint density at radius 1 is 1.06 bits per heavy atom. The van der Waals surface area contributed by atoms with Gasteiger partial charge in [0.2, 0.25) is 0 Å². The van der Waals surface area contributed by atoms with E-state index in [1.54, 1.807) is 36.4 Å². The molecule has 0 amide bonds. The Labute approximate surface area is 222 Å². The normalized spacial score (nSPS) is 20.9. The van der Waals surface area contributed by atoms with Gasteiger partial charge < -0.3 is 9.45 Å². The Morgan fingerprint density at radius 2 is 1.71 bits per heavy atom. The van der Waals surface area contributed by atoms with Crippen molar-refractivity contribution in [1.82, 2.24) is 0 Å². The number of benzene rings is 2. The monoisotopic (exact) mass is 594 g/mol. The number of rotatable bonds is 7. The van der Waals surface area contributed by atoms with Crippen molar-refractivity contribution in [3.8, 4) is 0 Å². The van der Waals surface area contributed by atoms with Crippen molar-refractivity contribution in [2.24, 2.45) is 5.92 Å². The van der Waals surface area contributed by atoms with E-state index in [9.17, 15) is 25.9 Å². The summed E-state index contributed by atoms with van der Waals surface area (Å²) >= 11 is 14.9. The Balaban J connectivity index is 1.72. The number of nitrogens with one attached hydrogen (secondary N) is 1. The lowest BCUT2D eigenvalue weighted by Gasteiger charge is -2.20. The summed E-state index contributed by atoms with van der Waals surface area (Å²) < 4.78 is 67.9. The second-order valence-corrected chi connectivity index (χ2v) is 13.7. The third-order valence-corrected chi connectivity index (χ3v) is 9.29. The summed E-state index contributed by atoms with van der Waals surface area (Å²) in [6, 6.07) is 10.2. The van der Waals surface area contributed by atoms with E-state index in [1.807, 2.05) is 19.1 Å². The Morgan fingerprint density at radius 3 is 2.34 bits per heavy atom. The molecule has 2 N–H and O–H groups in total. The highest BCUT2D eigenvalue weighted by atomic mass is 35.5. The second kappa shape index (κ2) is 10.3. The minimum atomic E-state index is -4.55. The van der Waals surface area contributed by atoms with Crippen molar-refractivity contribution in [2.75, 3.05) is 16.7 Å². The van der Waals surface area contributed by atoms with E-state index >= 15 is 0 Å². The molecule has 0 saturated carbocycles. The number of hydrogen-bond acceptors (Lipinski definition) is 8. The molecule has 8 nitrogen and oxygen atoms in total. The van der Waals surface area contributed by atoms with Crippen LogP contribution >= 0.6 is 46.7 Å². The van der Waals surface area contributed by atoms with E-state index in [0.717, 1.165) is 9.79 Å². The number of anilines is 1. The molecule has 0 aromatic heterocycles. The number of thioether (sulfide) groups is 2. The number of quaternary nitrogens is 1. The fourth-order valence-corrected chi connectivity index (χ4v) is 7.90. The quantitative estimate of drug-likeness (QED) is 0.452. The molecular weight excluding hydrogens is 575 g/mol. The van der Waals surface area contributed by atoms with Crippen molar-refractivity contribution >= 4 is 78.3 Å². The van der Waals surface area contributed by atoms with Gasteiger partial charge in [-0.2, -0.15) is 8.42 Å². The van der Waals surface area contributed by atoms with Gasteiger partial charge in [-0.05, 0) is 60.7 Å². The van der Waals surface area contributed by atoms with Gasteiger partial charge in [-0.25, -0.2) is 8.42 Å². The van der Waals surface area contributed by atoms with Crippen molar-refractivity contribution in [3.05, 3.63) is 68.7 Å². The molecule has 2 aromatic rings. The van der Waals surface area contributed by atoms with Crippen molar-refractivity contribution in [2.45, 2.75) is 23.1 Å². The first-order chi connectivity index (χ1) is 16.3. The summed E-state index contributed by atoms with van der Waals surface area (Å²) in [6.07, 6.45) is 4.34. The molecule has 188 valence electrons. The Hall–Kier alpha value is -1.22. The molecule has 2 atom stereocenters. The zero-order valence-corrected chi connectivity index (χ0v) is 22.9. The van der Waals surface area contributed by atoms with Crippen LogP contribution in [-0.2, 0) is 20.2 Å². The van der Waals surface area contributed by atoms with Crippen molar-refractivity contribution in [3.63, 3.8) is 0 Å². The molecule has 2 aromatic carbocycles. The van der Waals surface area contributed by atoms with Gasteiger partial charge in [-0.15, -0.1) is 0 Å². The lowest BCUT2D eigenvalue weighted by atomic mass is 10.1. The SMILES string of the molecule is CCC(/C=C1\Sc2ccc(Cl)cc2[NH+]1CS(=O)(=O)[O-])/C=C1/Sc2ccc(Cl)cc2N1CS(=O)(=O)O. The van der Waals surface area contributed by atoms with Gasteiger partial charge in [0.05, 0.1) is 15.6 Å². The van der Waals surface area contributed by atoms with Gasteiger partial charge in [0.25, 0.3) is 10.1 Å². The minimum absolute atomic E-state index is 0.233. The molecule has 2 heterocycles. The number of nitrogens with zero attached hydrogens (tertiary/aromatic N) is 1. The van der Waals surface area contributed by atoms with Crippen LogP contribution in [0.3, 0.4) is 0 Å². The smallest absolute Gasteiger partial charge is 0.283 e. The number of hydrogen-bond donors (Lipinski definition) is 2. The van der Waals surface area contributed by atoms with Crippen LogP contribution in [0.15, 0.2) is 68.4 Å². The van der Waals surface area contributed by atoms with Crippen molar-refractivity contribution in [1.29, 1.82) is 0 Å². The number of halogens is 2. The van der Waals surface area contributed by atoms with Gasteiger partial charge >= 0.3 is 0 Å². The zero-order valence-electron chi connectivity index (χ0n) is 18.1. The van der Waals surface area contributed by atoms with E-state index in [2.05, 4.69) is 0 Å². The molecule has 0 radical (unpaired) electrons. The third-order valence-electron chi connectivity index (χ3n) is 5.28. The second-order valence-electron chi connectivity index (χ2n) is 7.88. The molecule has 0 fully saturated rings. The predicted molar refractivity (Wildman–Crippen MR) is 139 cm³/mol. The van der Waals surface area contributed by atoms with E-state index in [1.165, 1.54) is 28.4 Å². The summed E-state index contributed by atoms with van der Waals surface area (Å²) in [7, 11) is -8.89.